The van der Waals surface area contributed by atoms with Gasteiger partial charge in [0.2, 0.25) is 0 Å². The molecule has 2 rings (SSSR count). The molecule has 0 amide bonds. The smallest absolute Gasteiger partial charge is 0.0874 e. The summed E-state index contributed by atoms with van der Waals surface area (Å²) in [6, 6.07) is 6.14. The number of anilines is 1. The lowest BCUT2D eigenvalue weighted by Crippen LogP contribution is -2.45. The number of likely N-dealkylation sites (N-methyl/N-ethyl adjacent to an activating group) is 1. The molecule has 1 fully saturated rings. The van der Waals surface area contributed by atoms with Crippen molar-refractivity contribution in [2.45, 2.75) is 13.0 Å². The molecule has 100 valence electrons. The molecule has 1 atom stereocenters. The molecule has 0 aromatic heterocycles. The largest absolute Gasteiger partial charge is 0.381 e. The predicted octanol–water partition coefficient (Wildman–Crippen LogP) is 3.34. The van der Waals surface area contributed by atoms with Crippen LogP contribution in [0.15, 0.2) is 27.1 Å². The first-order valence-electron chi connectivity index (χ1n) is 6.22. The van der Waals surface area contributed by atoms with Gasteiger partial charge in [0.15, 0.2) is 0 Å². The average Bonchev–Trinajstić information content (AvgIpc) is 2.38. The zero-order valence-electron chi connectivity index (χ0n) is 10.5. The van der Waals surface area contributed by atoms with E-state index in [1.54, 1.807) is 0 Å². The normalized spacial score (nSPS) is 20.9. The van der Waals surface area contributed by atoms with Crippen LogP contribution >= 0.6 is 31.9 Å². The van der Waals surface area contributed by atoms with E-state index in [0.717, 1.165) is 47.4 Å². The molecule has 1 aliphatic heterocycles. The Hall–Kier alpha value is -0.100. The first kappa shape index (κ1) is 14.3. The number of benzene rings is 1. The third-order valence-electron chi connectivity index (χ3n) is 3.12. The highest BCUT2D eigenvalue weighted by molar-refractivity contribution is 9.11. The Morgan fingerprint density at radius 3 is 3.00 bits per heavy atom. The van der Waals surface area contributed by atoms with Crippen LogP contribution in [0.3, 0.4) is 0 Å². The molecule has 1 N–H and O–H groups in total. The van der Waals surface area contributed by atoms with Crippen LogP contribution in [0.5, 0.6) is 0 Å². The molecule has 0 spiro atoms. The molecule has 5 heteroatoms. The van der Waals surface area contributed by atoms with Crippen molar-refractivity contribution in [1.29, 1.82) is 0 Å². The van der Waals surface area contributed by atoms with Gasteiger partial charge in [0, 0.05) is 34.3 Å². The van der Waals surface area contributed by atoms with Crippen LogP contribution < -0.4 is 5.32 Å². The first-order valence-corrected chi connectivity index (χ1v) is 7.80. The molecule has 1 aliphatic rings. The Morgan fingerprint density at radius 2 is 2.28 bits per heavy atom. The zero-order valence-corrected chi connectivity index (χ0v) is 13.6. The number of hydrogen-bond donors (Lipinski definition) is 1. The van der Waals surface area contributed by atoms with Crippen LogP contribution in [0.4, 0.5) is 5.69 Å². The summed E-state index contributed by atoms with van der Waals surface area (Å²) in [6.07, 6.45) is 0.272. The van der Waals surface area contributed by atoms with Gasteiger partial charge in [-0.3, -0.25) is 4.90 Å². The van der Waals surface area contributed by atoms with Gasteiger partial charge in [0.25, 0.3) is 0 Å². The number of hydrogen-bond acceptors (Lipinski definition) is 3. The molecular weight excluding hydrogens is 360 g/mol. The van der Waals surface area contributed by atoms with Crippen LogP contribution in [0.25, 0.3) is 0 Å². The van der Waals surface area contributed by atoms with Gasteiger partial charge in [0.1, 0.15) is 0 Å². The quantitative estimate of drug-likeness (QED) is 0.870. The molecule has 1 saturated heterocycles. The van der Waals surface area contributed by atoms with E-state index in [-0.39, 0.29) is 6.10 Å². The Kier molecular flexibility index (Phi) is 5.48. The lowest BCUT2D eigenvalue weighted by Gasteiger charge is -2.32. The second-order valence-electron chi connectivity index (χ2n) is 4.39. The minimum absolute atomic E-state index is 0.272. The van der Waals surface area contributed by atoms with Gasteiger partial charge >= 0.3 is 0 Å². The Bertz CT molecular complexity index is 401. The topological polar surface area (TPSA) is 24.5 Å². The minimum atomic E-state index is 0.272. The van der Waals surface area contributed by atoms with Gasteiger partial charge in [0.05, 0.1) is 12.7 Å². The van der Waals surface area contributed by atoms with Crippen LogP contribution in [0.2, 0.25) is 0 Å². The molecule has 0 saturated carbocycles. The number of ether oxygens (including phenoxy) is 1. The molecule has 18 heavy (non-hydrogen) atoms. The van der Waals surface area contributed by atoms with E-state index in [9.17, 15) is 0 Å². The molecule has 1 heterocycles. The van der Waals surface area contributed by atoms with E-state index < -0.39 is 0 Å². The van der Waals surface area contributed by atoms with E-state index >= 15 is 0 Å². The fraction of sp³-hybridized carbons (Fsp3) is 0.538. The van der Waals surface area contributed by atoms with Crippen molar-refractivity contribution >= 4 is 37.5 Å². The maximum absolute atomic E-state index is 5.77. The summed E-state index contributed by atoms with van der Waals surface area (Å²) in [5, 5.41) is 3.44. The SMILES string of the molecule is CCN1CCOC(CNc2ccc(Br)cc2Br)C1. The standard InChI is InChI=1S/C13H18Br2N2O/c1-2-17-5-6-18-11(9-17)8-16-13-4-3-10(14)7-12(13)15/h3-4,7,11,16H,2,5-6,8-9H2,1H3. The highest BCUT2D eigenvalue weighted by atomic mass is 79.9. The minimum Gasteiger partial charge on any atom is -0.381 e. The summed E-state index contributed by atoms with van der Waals surface area (Å²) in [7, 11) is 0. The molecule has 0 radical (unpaired) electrons. The van der Waals surface area contributed by atoms with E-state index in [1.165, 1.54) is 0 Å². The fourth-order valence-electron chi connectivity index (χ4n) is 2.05. The Balaban J connectivity index is 1.87. The Labute approximate surface area is 125 Å². The average molecular weight is 378 g/mol. The first-order chi connectivity index (χ1) is 8.69. The highest BCUT2D eigenvalue weighted by Crippen LogP contribution is 2.26. The highest BCUT2D eigenvalue weighted by Gasteiger charge is 2.18. The number of nitrogens with zero attached hydrogens (tertiary/aromatic N) is 1. The number of morpholine rings is 1. The van der Waals surface area contributed by atoms with Gasteiger partial charge in [-0.1, -0.05) is 22.9 Å². The molecule has 1 aromatic carbocycles. The van der Waals surface area contributed by atoms with Crippen molar-refractivity contribution in [1.82, 2.24) is 4.90 Å². The summed E-state index contributed by atoms with van der Waals surface area (Å²) in [4.78, 5) is 2.42. The predicted molar refractivity (Wildman–Crippen MR) is 82.2 cm³/mol. The van der Waals surface area contributed by atoms with E-state index in [0.29, 0.717) is 0 Å². The summed E-state index contributed by atoms with van der Waals surface area (Å²) in [6.45, 7) is 7.04. The van der Waals surface area contributed by atoms with E-state index in [1.807, 2.05) is 12.1 Å². The van der Waals surface area contributed by atoms with Gasteiger partial charge in [-0.15, -0.1) is 0 Å². The lowest BCUT2D eigenvalue weighted by atomic mass is 10.2. The van der Waals surface area contributed by atoms with Crippen molar-refractivity contribution in [3.63, 3.8) is 0 Å². The zero-order chi connectivity index (χ0) is 13.0. The monoisotopic (exact) mass is 376 g/mol. The third kappa shape index (κ3) is 3.95. The number of rotatable bonds is 4. The fourth-order valence-corrected chi connectivity index (χ4v) is 3.24. The summed E-state index contributed by atoms with van der Waals surface area (Å²) in [5.41, 5.74) is 1.11. The van der Waals surface area contributed by atoms with Crippen molar-refractivity contribution in [3.8, 4) is 0 Å². The molecule has 1 unspecified atom stereocenters. The van der Waals surface area contributed by atoms with Crippen LogP contribution in [-0.4, -0.2) is 43.8 Å². The van der Waals surface area contributed by atoms with Gasteiger partial charge in [-0.25, -0.2) is 0 Å². The summed E-state index contributed by atoms with van der Waals surface area (Å²) >= 11 is 7.01. The molecule has 0 bridgehead atoms. The van der Waals surface area contributed by atoms with Crippen LogP contribution in [-0.2, 0) is 4.74 Å². The second kappa shape index (κ2) is 6.89. The molecule has 0 aliphatic carbocycles. The third-order valence-corrected chi connectivity index (χ3v) is 4.27. The molecule has 1 aromatic rings. The molecular formula is C13H18Br2N2O. The maximum Gasteiger partial charge on any atom is 0.0874 e. The number of nitrogens with one attached hydrogen (secondary N) is 1. The maximum atomic E-state index is 5.77. The summed E-state index contributed by atoms with van der Waals surface area (Å²) < 4.78 is 7.91. The number of halogens is 2. The van der Waals surface area contributed by atoms with Crippen LogP contribution in [0.1, 0.15) is 6.92 Å². The van der Waals surface area contributed by atoms with Gasteiger partial charge in [-0.05, 0) is 40.7 Å². The van der Waals surface area contributed by atoms with E-state index in [4.69, 9.17) is 4.74 Å². The molecule has 3 nitrogen and oxygen atoms in total. The Morgan fingerprint density at radius 1 is 1.44 bits per heavy atom. The van der Waals surface area contributed by atoms with E-state index in [2.05, 4.69) is 55.1 Å². The van der Waals surface area contributed by atoms with Gasteiger partial charge in [-0.2, -0.15) is 0 Å². The second-order valence-corrected chi connectivity index (χ2v) is 6.16. The lowest BCUT2D eigenvalue weighted by molar-refractivity contribution is -0.0191. The van der Waals surface area contributed by atoms with Gasteiger partial charge < -0.3 is 10.1 Å². The van der Waals surface area contributed by atoms with Crippen molar-refractivity contribution in [2.75, 3.05) is 38.1 Å². The van der Waals surface area contributed by atoms with Crippen LogP contribution in [0, 0.1) is 0 Å². The van der Waals surface area contributed by atoms with Crippen molar-refractivity contribution in [3.05, 3.63) is 27.1 Å². The van der Waals surface area contributed by atoms with Crippen molar-refractivity contribution in [2.24, 2.45) is 0 Å². The summed E-state index contributed by atoms with van der Waals surface area (Å²) in [5.74, 6) is 0. The van der Waals surface area contributed by atoms with Crippen molar-refractivity contribution < 1.29 is 4.74 Å².